The monoisotopic (exact) mass is 359 g/mol. The summed E-state index contributed by atoms with van der Waals surface area (Å²) in [5.41, 5.74) is 2.35. The van der Waals surface area contributed by atoms with Crippen LogP contribution in [0.1, 0.15) is 5.69 Å². The average Bonchev–Trinajstić information content (AvgIpc) is 3.21. The molecule has 4 rings (SSSR count). The molecule has 0 radical (unpaired) electrons. The third-order valence-corrected chi connectivity index (χ3v) is 4.22. The molecule has 134 valence electrons. The van der Waals surface area contributed by atoms with Gasteiger partial charge in [-0.05, 0) is 12.1 Å². The summed E-state index contributed by atoms with van der Waals surface area (Å²) in [7, 11) is 0. The number of fused-ring (bicyclic) bond motifs is 1. The second-order valence-electron chi connectivity index (χ2n) is 6.10. The Kier molecular flexibility index (Phi) is 4.49. The summed E-state index contributed by atoms with van der Waals surface area (Å²) in [5.74, 6) is 0.0717. The molecule has 0 fully saturated rings. The molecule has 2 aromatic heterocycles. The Labute approximate surface area is 155 Å². The van der Waals surface area contributed by atoms with Crippen LogP contribution in [0.5, 0.6) is 0 Å². The lowest BCUT2D eigenvalue weighted by Gasteiger charge is -2.16. The standard InChI is InChI=1S/C20H17N5O2/c26-20(27)17(10-14-11-21-12-22-14)24-19-15-8-4-5-9-16(15)23-18(25-19)13-6-2-1-3-7-13/h1-9,11-12,17H,10H2,(H,21,22)(H,26,27)(H,23,24,25). The van der Waals surface area contributed by atoms with E-state index in [0.717, 1.165) is 22.2 Å². The van der Waals surface area contributed by atoms with Gasteiger partial charge in [-0.25, -0.2) is 19.7 Å². The van der Waals surface area contributed by atoms with Crippen LogP contribution < -0.4 is 5.32 Å². The van der Waals surface area contributed by atoms with Crippen LogP contribution in [-0.4, -0.2) is 37.1 Å². The number of aliphatic carboxylic acids is 1. The van der Waals surface area contributed by atoms with Crippen molar-refractivity contribution in [2.45, 2.75) is 12.5 Å². The Bertz CT molecular complexity index is 1060. The highest BCUT2D eigenvalue weighted by atomic mass is 16.4. The summed E-state index contributed by atoms with van der Waals surface area (Å²) in [6.45, 7) is 0. The zero-order valence-electron chi connectivity index (χ0n) is 14.3. The molecule has 4 aromatic rings. The van der Waals surface area contributed by atoms with Crippen molar-refractivity contribution in [3.05, 3.63) is 72.8 Å². The van der Waals surface area contributed by atoms with Crippen LogP contribution in [-0.2, 0) is 11.2 Å². The summed E-state index contributed by atoms with van der Waals surface area (Å²) in [4.78, 5) is 27.9. The number of carbonyl (C=O) groups is 1. The molecule has 7 nitrogen and oxygen atoms in total. The van der Waals surface area contributed by atoms with Gasteiger partial charge in [0.15, 0.2) is 5.82 Å². The van der Waals surface area contributed by atoms with Gasteiger partial charge in [0.2, 0.25) is 0 Å². The maximum Gasteiger partial charge on any atom is 0.326 e. The van der Waals surface area contributed by atoms with Crippen LogP contribution in [0.4, 0.5) is 5.82 Å². The molecule has 0 aliphatic carbocycles. The van der Waals surface area contributed by atoms with E-state index in [1.54, 1.807) is 6.20 Å². The topological polar surface area (TPSA) is 104 Å². The molecule has 0 spiro atoms. The van der Waals surface area contributed by atoms with Gasteiger partial charge in [-0.15, -0.1) is 0 Å². The maximum atomic E-state index is 11.8. The first kappa shape index (κ1) is 16.7. The van der Waals surface area contributed by atoms with Gasteiger partial charge in [0, 0.05) is 29.3 Å². The highest BCUT2D eigenvalue weighted by Gasteiger charge is 2.21. The number of carboxylic acid groups (broad SMARTS) is 1. The van der Waals surface area contributed by atoms with E-state index < -0.39 is 12.0 Å². The summed E-state index contributed by atoms with van der Waals surface area (Å²) < 4.78 is 0. The smallest absolute Gasteiger partial charge is 0.326 e. The molecule has 0 saturated carbocycles. The first-order chi connectivity index (χ1) is 13.2. The third kappa shape index (κ3) is 3.62. The van der Waals surface area contributed by atoms with Gasteiger partial charge in [-0.1, -0.05) is 42.5 Å². The second kappa shape index (κ2) is 7.25. The second-order valence-corrected chi connectivity index (χ2v) is 6.10. The summed E-state index contributed by atoms with van der Waals surface area (Å²) in [6.07, 6.45) is 3.40. The molecule has 2 heterocycles. The van der Waals surface area contributed by atoms with Gasteiger partial charge in [0.1, 0.15) is 11.9 Å². The van der Waals surface area contributed by atoms with Crippen molar-refractivity contribution in [2.75, 3.05) is 5.32 Å². The van der Waals surface area contributed by atoms with E-state index in [1.807, 2.05) is 54.6 Å². The van der Waals surface area contributed by atoms with Crippen LogP contribution in [0.2, 0.25) is 0 Å². The van der Waals surface area contributed by atoms with Crippen molar-refractivity contribution in [3.63, 3.8) is 0 Å². The van der Waals surface area contributed by atoms with E-state index in [2.05, 4.69) is 25.3 Å². The molecule has 1 atom stereocenters. The summed E-state index contributed by atoms with van der Waals surface area (Å²) in [6, 6.07) is 16.3. The molecule has 0 aliphatic heterocycles. The summed E-state index contributed by atoms with van der Waals surface area (Å²) in [5, 5.41) is 13.5. The number of H-pyrrole nitrogens is 1. The van der Waals surface area contributed by atoms with Crippen molar-refractivity contribution in [1.29, 1.82) is 0 Å². The van der Waals surface area contributed by atoms with E-state index in [9.17, 15) is 9.90 Å². The average molecular weight is 359 g/mol. The number of imidazole rings is 1. The molecule has 1 unspecified atom stereocenters. The lowest BCUT2D eigenvalue weighted by molar-refractivity contribution is -0.137. The first-order valence-electron chi connectivity index (χ1n) is 8.49. The van der Waals surface area contributed by atoms with Crippen LogP contribution in [0.3, 0.4) is 0 Å². The van der Waals surface area contributed by atoms with Crippen molar-refractivity contribution in [2.24, 2.45) is 0 Å². The molecule has 0 amide bonds. The minimum atomic E-state index is -0.964. The fourth-order valence-corrected chi connectivity index (χ4v) is 2.88. The van der Waals surface area contributed by atoms with E-state index in [1.165, 1.54) is 6.33 Å². The number of anilines is 1. The van der Waals surface area contributed by atoms with Crippen LogP contribution in [0.25, 0.3) is 22.3 Å². The Morgan fingerprint density at radius 1 is 1.07 bits per heavy atom. The predicted octanol–water partition coefficient (Wildman–Crippen LogP) is 3.13. The number of nitrogens with one attached hydrogen (secondary N) is 2. The number of aromatic amines is 1. The Hall–Kier alpha value is -3.74. The number of aromatic nitrogens is 4. The maximum absolute atomic E-state index is 11.8. The highest BCUT2D eigenvalue weighted by Crippen LogP contribution is 2.25. The number of para-hydroxylation sites is 1. The van der Waals surface area contributed by atoms with Crippen molar-refractivity contribution < 1.29 is 9.90 Å². The minimum Gasteiger partial charge on any atom is -0.480 e. The SMILES string of the molecule is O=C(O)C(Cc1cnc[nH]1)Nc1nc(-c2ccccc2)nc2ccccc12. The summed E-state index contributed by atoms with van der Waals surface area (Å²) >= 11 is 0. The van der Waals surface area contributed by atoms with Crippen LogP contribution in [0, 0.1) is 0 Å². The lowest BCUT2D eigenvalue weighted by atomic mass is 10.1. The minimum absolute atomic E-state index is 0.258. The lowest BCUT2D eigenvalue weighted by Crippen LogP contribution is -2.32. The van der Waals surface area contributed by atoms with Gasteiger partial charge >= 0.3 is 5.97 Å². The Morgan fingerprint density at radius 3 is 2.59 bits per heavy atom. The van der Waals surface area contributed by atoms with E-state index >= 15 is 0 Å². The third-order valence-electron chi connectivity index (χ3n) is 4.22. The number of benzene rings is 2. The fourth-order valence-electron chi connectivity index (χ4n) is 2.88. The molecular weight excluding hydrogens is 342 g/mol. The molecule has 7 heteroatoms. The van der Waals surface area contributed by atoms with Crippen LogP contribution in [0.15, 0.2) is 67.1 Å². The van der Waals surface area contributed by atoms with Crippen molar-refractivity contribution in [1.82, 2.24) is 19.9 Å². The number of nitrogens with zero attached hydrogens (tertiary/aromatic N) is 3. The zero-order chi connectivity index (χ0) is 18.6. The number of hydrogen-bond donors (Lipinski definition) is 3. The van der Waals surface area contributed by atoms with E-state index in [-0.39, 0.29) is 6.42 Å². The van der Waals surface area contributed by atoms with Gasteiger partial charge in [-0.3, -0.25) is 0 Å². The largest absolute Gasteiger partial charge is 0.480 e. The molecular formula is C20H17N5O2. The van der Waals surface area contributed by atoms with E-state index in [4.69, 9.17) is 0 Å². The Morgan fingerprint density at radius 2 is 1.85 bits per heavy atom. The first-order valence-corrected chi connectivity index (χ1v) is 8.49. The molecule has 27 heavy (non-hydrogen) atoms. The van der Waals surface area contributed by atoms with Gasteiger partial charge in [0.05, 0.1) is 11.8 Å². The molecule has 0 saturated heterocycles. The number of hydrogen-bond acceptors (Lipinski definition) is 5. The fraction of sp³-hybridized carbons (Fsp3) is 0.100. The normalized spacial score (nSPS) is 12.0. The Balaban J connectivity index is 1.76. The van der Waals surface area contributed by atoms with Crippen molar-refractivity contribution >= 4 is 22.7 Å². The molecule has 3 N–H and O–H groups in total. The predicted molar refractivity (Wildman–Crippen MR) is 102 cm³/mol. The van der Waals surface area contributed by atoms with Gasteiger partial charge in [-0.2, -0.15) is 0 Å². The molecule has 0 aliphatic rings. The quantitative estimate of drug-likeness (QED) is 0.489. The highest BCUT2D eigenvalue weighted by molar-refractivity contribution is 5.92. The van der Waals surface area contributed by atoms with Crippen molar-refractivity contribution in [3.8, 4) is 11.4 Å². The number of carboxylic acids is 1. The zero-order valence-corrected chi connectivity index (χ0v) is 14.3. The molecule has 2 aromatic carbocycles. The van der Waals surface area contributed by atoms with E-state index in [0.29, 0.717) is 11.6 Å². The van der Waals surface area contributed by atoms with Gasteiger partial charge < -0.3 is 15.4 Å². The number of rotatable bonds is 6. The molecule has 0 bridgehead atoms. The van der Waals surface area contributed by atoms with Gasteiger partial charge in [0.25, 0.3) is 0 Å². The van der Waals surface area contributed by atoms with Crippen LogP contribution >= 0.6 is 0 Å².